The summed E-state index contributed by atoms with van der Waals surface area (Å²) >= 11 is 4.45. The molecule has 5 rings (SSSR count). The molecule has 0 aliphatic carbocycles. The fourth-order valence-corrected chi connectivity index (χ4v) is 5.08. The normalized spacial score (nSPS) is 15.0. The van der Waals surface area contributed by atoms with E-state index in [1.807, 2.05) is 55.5 Å². The van der Waals surface area contributed by atoms with Gasteiger partial charge in [0, 0.05) is 23.0 Å². The number of nitrogens with zero attached hydrogens (tertiary/aromatic N) is 4. The van der Waals surface area contributed by atoms with Gasteiger partial charge in [-0.15, -0.1) is 0 Å². The van der Waals surface area contributed by atoms with Crippen LogP contribution in [0.3, 0.4) is 0 Å². The van der Waals surface area contributed by atoms with Crippen LogP contribution in [0.15, 0.2) is 62.6 Å². The SMILES string of the molecule is CCN1C(=O)C(=c2sc3nc(=O)c(Cc4ccccc4)nn3c2=O)c2cc(Br)ccc21. The molecule has 2 aromatic carbocycles. The van der Waals surface area contributed by atoms with Crippen LogP contribution in [0.4, 0.5) is 5.69 Å². The van der Waals surface area contributed by atoms with Gasteiger partial charge in [0.15, 0.2) is 0 Å². The Kier molecular flexibility index (Phi) is 4.79. The predicted octanol–water partition coefficient (Wildman–Crippen LogP) is 2.15. The average molecular weight is 495 g/mol. The van der Waals surface area contributed by atoms with E-state index in [2.05, 4.69) is 26.0 Å². The second kappa shape index (κ2) is 7.51. The Morgan fingerprint density at radius 2 is 1.84 bits per heavy atom. The summed E-state index contributed by atoms with van der Waals surface area (Å²) in [7, 11) is 0. The zero-order valence-corrected chi connectivity index (χ0v) is 18.7. The number of aromatic nitrogens is 3. The largest absolute Gasteiger partial charge is 0.308 e. The molecule has 31 heavy (non-hydrogen) atoms. The maximum absolute atomic E-state index is 13.2. The molecule has 0 saturated carbocycles. The molecule has 4 aromatic rings. The van der Waals surface area contributed by atoms with Gasteiger partial charge in [-0.3, -0.25) is 14.4 Å². The molecule has 1 amide bonds. The lowest BCUT2D eigenvalue weighted by molar-refractivity contribution is -0.113. The lowest BCUT2D eigenvalue weighted by Gasteiger charge is -2.13. The van der Waals surface area contributed by atoms with Crippen molar-refractivity contribution in [3.8, 4) is 0 Å². The van der Waals surface area contributed by atoms with Crippen molar-refractivity contribution in [2.45, 2.75) is 13.3 Å². The standard InChI is InChI=1S/C22H15BrN4O3S/c1-2-26-16-9-8-13(23)11-14(16)17(20(26)29)18-21(30)27-22(31-18)24-19(28)15(25-27)10-12-6-4-3-5-7-12/h3-9,11H,2,10H2,1H3. The minimum atomic E-state index is -0.474. The van der Waals surface area contributed by atoms with Crippen molar-refractivity contribution >= 4 is 49.4 Å². The number of amides is 1. The molecule has 0 saturated heterocycles. The van der Waals surface area contributed by atoms with Crippen LogP contribution in [0.5, 0.6) is 0 Å². The summed E-state index contributed by atoms with van der Waals surface area (Å²) in [6, 6.07) is 14.9. The first-order chi connectivity index (χ1) is 15.0. The van der Waals surface area contributed by atoms with Crippen molar-refractivity contribution in [2.75, 3.05) is 11.4 Å². The molecule has 0 fully saturated rings. The molecule has 0 spiro atoms. The molecule has 0 radical (unpaired) electrons. The highest BCUT2D eigenvalue weighted by atomic mass is 79.9. The Labute approximate surface area is 188 Å². The first-order valence-electron chi connectivity index (χ1n) is 9.60. The first-order valence-corrected chi connectivity index (χ1v) is 11.2. The summed E-state index contributed by atoms with van der Waals surface area (Å²) < 4.78 is 2.17. The molecule has 3 heterocycles. The highest BCUT2D eigenvalue weighted by molar-refractivity contribution is 9.10. The Morgan fingerprint density at radius 1 is 1.06 bits per heavy atom. The van der Waals surface area contributed by atoms with Gasteiger partial charge in [-0.1, -0.05) is 57.6 Å². The number of hydrogen-bond acceptors (Lipinski definition) is 6. The number of rotatable bonds is 3. The van der Waals surface area contributed by atoms with Crippen molar-refractivity contribution in [3.05, 3.63) is 95.1 Å². The van der Waals surface area contributed by atoms with E-state index in [0.29, 0.717) is 17.7 Å². The summed E-state index contributed by atoms with van der Waals surface area (Å²) in [6.45, 7) is 2.36. The number of benzene rings is 2. The summed E-state index contributed by atoms with van der Waals surface area (Å²) in [5.41, 5.74) is 1.91. The molecule has 154 valence electrons. The molecule has 0 unspecified atom stereocenters. The second-order valence-electron chi connectivity index (χ2n) is 7.04. The van der Waals surface area contributed by atoms with Gasteiger partial charge < -0.3 is 4.90 Å². The summed E-state index contributed by atoms with van der Waals surface area (Å²) in [5, 5.41) is 4.29. The van der Waals surface area contributed by atoms with E-state index in [0.717, 1.165) is 31.6 Å². The monoisotopic (exact) mass is 494 g/mol. The Balaban J connectivity index is 1.75. The molecule has 1 aliphatic heterocycles. The van der Waals surface area contributed by atoms with Gasteiger partial charge >= 0.3 is 0 Å². The molecule has 0 atom stereocenters. The summed E-state index contributed by atoms with van der Waals surface area (Å²) in [5.74, 6) is -0.244. The van der Waals surface area contributed by atoms with Gasteiger partial charge in [0.05, 0.1) is 11.3 Å². The van der Waals surface area contributed by atoms with E-state index in [1.54, 1.807) is 4.90 Å². The number of hydrogen-bond donors (Lipinski definition) is 0. The van der Waals surface area contributed by atoms with Crippen molar-refractivity contribution in [1.29, 1.82) is 0 Å². The third-order valence-electron chi connectivity index (χ3n) is 5.16. The number of likely N-dealkylation sites (N-methyl/N-ethyl adjacent to an activating group) is 1. The maximum atomic E-state index is 13.2. The average Bonchev–Trinajstić information content (AvgIpc) is 3.21. The minimum absolute atomic E-state index is 0.175. The highest BCUT2D eigenvalue weighted by Gasteiger charge is 2.33. The Morgan fingerprint density at radius 3 is 2.58 bits per heavy atom. The van der Waals surface area contributed by atoms with Gasteiger partial charge in [0.1, 0.15) is 10.2 Å². The smallest absolute Gasteiger partial charge is 0.296 e. The van der Waals surface area contributed by atoms with E-state index < -0.39 is 11.1 Å². The summed E-state index contributed by atoms with van der Waals surface area (Å²) in [6.07, 6.45) is 0.273. The van der Waals surface area contributed by atoms with Crippen LogP contribution >= 0.6 is 27.3 Å². The number of anilines is 1. The molecule has 9 heteroatoms. The maximum Gasteiger partial charge on any atom is 0.296 e. The van der Waals surface area contributed by atoms with Gasteiger partial charge in [-0.05, 0) is 30.7 Å². The van der Waals surface area contributed by atoms with Gasteiger partial charge in [-0.2, -0.15) is 14.6 Å². The number of carbonyl (C=O) groups excluding carboxylic acids is 1. The van der Waals surface area contributed by atoms with E-state index in [9.17, 15) is 14.4 Å². The summed E-state index contributed by atoms with van der Waals surface area (Å²) in [4.78, 5) is 44.8. The second-order valence-corrected chi connectivity index (χ2v) is 8.94. The van der Waals surface area contributed by atoms with Crippen LogP contribution in [-0.2, 0) is 11.2 Å². The first kappa shape index (κ1) is 19.8. The molecule has 1 aliphatic rings. The minimum Gasteiger partial charge on any atom is -0.308 e. The Bertz CT molecular complexity index is 1530. The van der Waals surface area contributed by atoms with Crippen LogP contribution < -0.4 is 20.6 Å². The van der Waals surface area contributed by atoms with Gasteiger partial charge in [0.2, 0.25) is 4.96 Å². The van der Waals surface area contributed by atoms with Crippen LogP contribution in [0.25, 0.3) is 10.5 Å². The van der Waals surface area contributed by atoms with Crippen molar-refractivity contribution < 1.29 is 4.79 Å². The molecular formula is C22H15BrN4O3S. The number of fused-ring (bicyclic) bond motifs is 2. The molecule has 7 nitrogen and oxygen atoms in total. The lowest BCUT2D eigenvalue weighted by atomic mass is 10.1. The van der Waals surface area contributed by atoms with Gasteiger partial charge in [0.25, 0.3) is 17.0 Å². The number of thiazole rings is 1. The van der Waals surface area contributed by atoms with E-state index in [4.69, 9.17) is 0 Å². The molecule has 2 aromatic heterocycles. The molecule has 0 bridgehead atoms. The van der Waals surface area contributed by atoms with Crippen molar-refractivity contribution in [1.82, 2.24) is 14.6 Å². The zero-order valence-electron chi connectivity index (χ0n) is 16.3. The topological polar surface area (TPSA) is 84.6 Å². The van der Waals surface area contributed by atoms with E-state index in [1.165, 1.54) is 0 Å². The van der Waals surface area contributed by atoms with E-state index >= 15 is 0 Å². The Hall–Kier alpha value is -3.17. The van der Waals surface area contributed by atoms with Crippen LogP contribution in [0.2, 0.25) is 0 Å². The fourth-order valence-electron chi connectivity index (χ4n) is 3.73. The van der Waals surface area contributed by atoms with E-state index in [-0.39, 0.29) is 27.5 Å². The quantitative estimate of drug-likeness (QED) is 0.435. The zero-order chi connectivity index (χ0) is 21.7. The number of carbonyl (C=O) groups is 1. The van der Waals surface area contributed by atoms with Crippen LogP contribution in [0.1, 0.15) is 23.7 Å². The third kappa shape index (κ3) is 3.21. The third-order valence-corrected chi connectivity index (χ3v) is 6.68. The highest BCUT2D eigenvalue weighted by Crippen LogP contribution is 2.36. The predicted molar refractivity (Wildman–Crippen MR) is 123 cm³/mol. The lowest BCUT2D eigenvalue weighted by Crippen LogP contribution is -2.33. The number of halogens is 1. The van der Waals surface area contributed by atoms with Gasteiger partial charge in [-0.25, -0.2) is 0 Å². The van der Waals surface area contributed by atoms with Crippen molar-refractivity contribution in [2.24, 2.45) is 0 Å². The van der Waals surface area contributed by atoms with Crippen molar-refractivity contribution in [3.63, 3.8) is 0 Å². The molecular weight excluding hydrogens is 480 g/mol. The van der Waals surface area contributed by atoms with Crippen LogP contribution in [-0.4, -0.2) is 27.0 Å². The fraction of sp³-hybridized carbons (Fsp3) is 0.136. The van der Waals surface area contributed by atoms with Crippen LogP contribution in [0, 0.1) is 0 Å². The molecule has 0 N–H and O–H groups in total.